The Morgan fingerprint density at radius 1 is 1.26 bits per heavy atom. The number of hydrogen-bond acceptors (Lipinski definition) is 5. The molecule has 2 aliphatic rings. The van der Waals surface area contributed by atoms with Crippen molar-refractivity contribution in [2.75, 3.05) is 6.61 Å². The molecule has 0 aromatic heterocycles. The molecule has 148 valence electrons. The number of carbonyl (C=O) groups is 2. The number of carbonyl (C=O) groups excluding carboxylic acids is 2. The van der Waals surface area contributed by atoms with Gasteiger partial charge in [-0.15, -0.1) is 0 Å². The summed E-state index contributed by atoms with van der Waals surface area (Å²) in [4.78, 5) is 24.7. The molecule has 8 heteroatoms. The summed E-state index contributed by atoms with van der Waals surface area (Å²) in [6, 6.07) is 4.83. The summed E-state index contributed by atoms with van der Waals surface area (Å²) >= 11 is 0. The van der Waals surface area contributed by atoms with E-state index in [-0.39, 0.29) is 29.9 Å². The molecule has 0 radical (unpaired) electrons. The van der Waals surface area contributed by atoms with E-state index in [2.05, 4.69) is 5.32 Å². The van der Waals surface area contributed by atoms with Crippen LogP contribution in [0.2, 0.25) is 0 Å². The second-order valence-electron chi connectivity index (χ2n) is 7.14. The Kier molecular flexibility index (Phi) is 5.86. The van der Waals surface area contributed by atoms with Gasteiger partial charge in [-0.1, -0.05) is 24.1 Å². The van der Waals surface area contributed by atoms with Crippen LogP contribution in [0.25, 0.3) is 0 Å². The SMILES string of the molecule is CCOC(=O)[C@@H]1C[C@@H]2NC(=O)CCCC[C@@H]2N1S(=O)(=O)c1ccc(C)cc1. The Morgan fingerprint density at radius 2 is 1.96 bits per heavy atom. The van der Waals surface area contributed by atoms with E-state index in [1.807, 2.05) is 6.92 Å². The number of nitrogens with zero attached hydrogens (tertiary/aromatic N) is 1. The van der Waals surface area contributed by atoms with Gasteiger partial charge in [-0.05, 0) is 45.2 Å². The van der Waals surface area contributed by atoms with Crippen molar-refractivity contribution in [1.29, 1.82) is 0 Å². The predicted molar refractivity (Wildman–Crippen MR) is 99.4 cm³/mol. The van der Waals surface area contributed by atoms with Gasteiger partial charge in [-0.3, -0.25) is 9.59 Å². The van der Waals surface area contributed by atoms with Crippen LogP contribution >= 0.6 is 0 Å². The molecule has 0 aliphatic carbocycles. The van der Waals surface area contributed by atoms with Crippen LogP contribution in [0.3, 0.4) is 0 Å². The van der Waals surface area contributed by atoms with Crippen LogP contribution in [0.4, 0.5) is 0 Å². The molecule has 7 nitrogen and oxygen atoms in total. The molecule has 1 N–H and O–H groups in total. The van der Waals surface area contributed by atoms with Gasteiger partial charge < -0.3 is 10.1 Å². The first kappa shape index (κ1) is 19.8. The van der Waals surface area contributed by atoms with E-state index < -0.39 is 28.1 Å². The quantitative estimate of drug-likeness (QED) is 0.786. The molecule has 1 aromatic rings. The van der Waals surface area contributed by atoms with E-state index in [9.17, 15) is 18.0 Å². The van der Waals surface area contributed by atoms with Gasteiger partial charge in [0.25, 0.3) is 0 Å². The number of hydrogen-bond donors (Lipinski definition) is 1. The van der Waals surface area contributed by atoms with Crippen LogP contribution in [0, 0.1) is 6.92 Å². The van der Waals surface area contributed by atoms with Crippen molar-refractivity contribution >= 4 is 21.9 Å². The van der Waals surface area contributed by atoms with E-state index in [0.717, 1.165) is 12.0 Å². The van der Waals surface area contributed by atoms with Gasteiger partial charge in [-0.2, -0.15) is 4.31 Å². The smallest absolute Gasteiger partial charge is 0.324 e. The van der Waals surface area contributed by atoms with Gasteiger partial charge in [0.05, 0.1) is 11.5 Å². The number of rotatable bonds is 4. The van der Waals surface area contributed by atoms with Crippen LogP contribution in [0.15, 0.2) is 29.2 Å². The van der Waals surface area contributed by atoms with Crippen LogP contribution in [0.5, 0.6) is 0 Å². The summed E-state index contributed by atoms with van der Waals surface area (Å²) in [7, 11) is -3.90. The van der Waals surface area contributed by atoms with Gasteiger partial charge in [0, 0.05) is 18.5 Å². The summed E-state index contributed by atoms with van der Waals surface area (Å²) in [5.41, 5.74) is 0.952. The predicted octanol–water partition coefficient (Wildman–Crippen LogP) is 1.75. The second-order valence-corrected chi connectivity index (χ2v) is 8.98. The lowest BCUT2D eigenvalue weighted by Crippen LogP contribution is -2.49. The second kappa shape index (κ2) is 7.98. The number of esters is 1. The Labute approximate surface area is 160 Å². The molecule has 2 heterocycles. The minimum atomic E-state index is -3.90. The number of fused-ring (bicyclic) bond motifs is 1. The first-order chi connectivity index (χ1) is 12.8. The average molecular weight is 394 g/mol. The molecule has 2 aliphatic heterocycles. The first-order valence-electron chi connectivity index (χ1n) is 9.40. The monoisotopic (exact) mass is 394 g/mol. The number of ether oxygens (including phenoxy) is 1. The summed E-state index contributed by atoms with van der Waals surface area (Å²) in [6.45, 7) is 3.75. The molecule has 2 fully saturated rings. The number of nitrogens with one attached hydrogen (secondary N) is 1. The third-order valence-electron chi connectivity index (χ3n) is 5.23. The molecule has 0 bridgehead atoms. The van der Waals surface area contributed by atoms with E-state index in [4.69, 9.17) is 4.74 Å². The Bertz CT molecular complexity index is 806. The van der Waals surface area contributed by atoms with E-state index in [1.54, 1.807) is 31.2 Å². The molecule has 1 amide bonds. The van der Waals surface area contributed by atoms with E-state index in [1.165, 1.54) is 4.31 Å². The van der Waals surface area contributed by atoms with Crippen molar-refractivity contribution in [3.63, 3.8) is 0 Å². The molecule has 3 atom stereocenters. The van der Waals surface area contributed by atoms with Crippen molar-refractivity contribution in [3.8, 4) is 0 Å². The van der Waals surface area contributed by atoms with Gasteiger partial charge >= 0.3 is 5.97 Å². The topological polar surface area (TPSA) is 92.8 Å². The Morgan fingerprint density at radius 3 is 2.63 bits per heavy atom. The lowest BCUT2D eigenvalue weighted by Gasteiger charge is -2.31. The van der Waals surface area contributed by atoms with Gasteiger partial charge in [-0.25, -0.2) is 8.42 Å². The summed E-state index contributed by atoms with van der Waals surface area (Å²) < 4.78 is 33.2. The maximum Gasteiger partial charge on any atom is 0.324 e. The first-order valence-corrected chi connectivity index (χ1v) is 10.8. The molecule has 1 aromatic carbocycles. The summed E-state index contributed by atoms with van der Waals surface area (Å²) in [6.07, 6.45) is 2.71. The minimum Gasteiger partial charge on any atom is -0.465 e. The van der Waals surface area contributed by atoms with Crippen LogP contribution in [-0.4, -0.2) is 49.3 Å². The standard InChI is InChI=1S/C19H26N2O5S/c1-3-26-19(23)17-12-15-16(6-4-5-7-18(22)20-15)21(17)27(24,25)14-10-8-13(2)9-11-14/h8-11,15-17H,3-7,12H2,1-2H3,(H,20,22)/t15-,16-,17-/m0/s1. The lowest BCUT2D eigenvalue weighted by atomic mass is 9.99. The molecular formula is C19H26N2O5S. The Hall–Kier alpha value is -1.93. The van der Waals surface area contributed by atoms with Crippen molar-refractivity contribution in [3.05, 3.63) is 29.8 Å². The zero-order valence-corrected chi connectivity index (χ0v) is 16.5. The van der Waals surface area contributed by atoms with Crippen LogP contribution in [0.1, 0.15) is 44.6 Å². The fourth-order valence-electron chi connectivity index (χ4n) is 3.93. The van der Waals surface area contributed by atoms with Crippen LogP contribution in [-0.2, 0) is 24.3 Å². The van der Waals surface area contributed by atoms with Crippen molar-refractivity contribution in [2.45, 2.75) is 69.0 Å². The van der Waals surface area contributed by atoms with Crippen LogP contribution < -0.4 is 5.32 Å². The number of aryl methyl sites for hydroxylation is 1. The third kappa shape index (κ3) is 4.01. The molecule has 2 saturated heterocycles. The largest absolute Gasteiger partial charge is 0.465 e. The Balaban J connectivity index is 2.01. The number of amides is 1. The highest BCUT2D eigenvalue weighted by molar-refractivity contribution is 7.89. The minimum absolute atomic E-state index is 0.0955. The molecule has 0 saturated carbocycles. The summed E-state index contributed by atoms with van der Waals surface area (Å²) in [5, 5.41) is 2.92. The van der Waals surface area contributed by atoms with Gasteiger partial charge in [0.15, 0.2) is 0 Å². The highest BCUT2D eigenvalue weighted by Gasteiger charge is 2.51. The van der Waals surface area contributed by atoms with Gasteiger partial charge in [0.1, 0.15) is 6.04 Å². The zero-order chi connectivity index (χ0) is 19.6. The number of sulfonamides is 1. The molecule has 0 unspecified atom stereocenters. The third-order valence-corrected chi connectivity index (χ3v) is 7.18. The fourth-order valence-corrected chi connectivity index (χ4v) is 5.77. The molecule has 0 spiro atoms. The maximum absolute atomic E-state index is 13.4. The average Bonchev–Trinajstić information content (AvgIpc) is 2.96. The van der Waals surface area contributed by atoms with E-state index in [0.29, 0.717) is 19.3 Å². The van der Waals surface area contributed by atoms with Crippen molar-refractivity contribution < 1.29 is 22.7 Å². The molecule has 3 rings (SSSR count). The normalized spacial score (nSPS) is 26.6. The summed E-state index contributed by atoms with van der Waals surface area (Å²) in [5.74, 6) is -0.656. The fraction of sp³-hybridized carbons (Fsp3) is 0.579. The molecule has 27 heavy (non-hydrogen) atoms. The maximum atomic E-state index is 13.4. The van der Waals surface area contributed by atoms with Crippen molar-refractivity contribution in [2.24, 2.45) is 0 Å². The highest BCUT2D eigenvalue weighted by Crippen LogP contribution is 2.35. The molecular weight excluding hydrogens is 368 g/mol. The van der Waals surface area contributed by atoms with Gasteiger partial charge in [0.2, 0.25) is 15.9 Å². The highest BCUT2D eigenvalue weighted by atomic mass is 32.2. The van der Waals surface area contributed by atoms with E-state index >= 15 is 0 Å². The zero-order valence-electron chi connectivity index (χ0n) is 15.7. The lowest BCUT2D eigenvalue weighted by molar-refractivity contribution is -0.147. The van der Waals surface area contributed by atoms with Crippen molar-refractivity contribution in [1.82, 2.24) is 9.62 Å². The number of benzene rings is 1.